The van der Waals surface area contributed by atoms with Crippen LogP contribution < -0.4 is 16.0 Å². The third kappa shape index (κ3) is 4.78. The van der Waals surface area contributed by atoms with Gasteiger partial charge >= 0.3 is 5.69 Å². The predicted molar refractivity (Wildman–Crippen MR) is 131 cm³/mol. The van der Waals surface area contributed by atoms with E-state index >= 15 is 0 Å². The molecule has 2 aromatic heterocycles. The molecule has 0 unspecified atom stereocenters. The zero-order chi connectivity index (χ0) is 25.2. The van der Waals surface area contributed by atoms with Crippen molar-refractivity contribution in [3.63, 3.8) is 0 Å². The van der Waals surface area contributed by atoms with Crippen LogP contribution in [0.3, 0.4) is 0 Å². The fourth-order valence-corrected chi connectivity index (χ4v) is 5.56. The SMILES string of the molecule is CCCCn1c(=O)[nH]c(=O)c2c1nc(-c1cc(S(=O)(=O)N3CCOCC3)ccc1OCCC)n2C. The highest BCUT2D eigenvalue weighted by Crippen LogP contribution is 2.34. The third-order valence-electron chi connectivity index (χ3n) is 6.01. The van der Waals surface area contributed by atoms with Crippen LogP contribution in [0.4, 0.5) is 0 Å². The van der Waals surface area contributed by atoms with Crippen LogP contribution in [-0.4, -0.2) is 64.7 Å². The first kappa shape index (κ1) is 25.1. The summed E-state index contributed by atoms with van der Waals surface area (Å²) in [5, 5.41) is 0. The van der Waals surface area contributed by atoms with Gasteiger partial charge in [-0.2, -0.15) is 4.31 Å². The van der Waals surface area contributed by atoms with Gasteiger partial charge in [-0.1, -0.05) is 20.3 Å². The first-order valence-electron chi connectivity index (χ1n) is 11.8. The topological polar surface area (TPSA) is 129 Å². The van der Waals surface area contributed by atoms with Gasteiger partial charge in [0.2, 0.25) is 10.0 Å². The van der Waals surface area contributed by atoms with Crippen LogP contribution in [0, 0.1) is 0 Å². The Balaban J connectivity index is 1.92. The number of aromatic amines is 1. The average molecular weight is 506 g/mol. The quantitative estimate of drug-likeness (QED) is 0.469. The Morgan fingerprint density at radius 2 is 1.89 bits per heavy atom. The summed E-state index contributed by atoms with van der Waals surface area (Å²) < 4.78 is 42.3. The highest BCUT2D eigenvalue weighted by atomic mass is 32.2. The number of unbranched alkanes of at least 4 members (excludes halogenated alkanes) is 1. The first-order valence-corrected chi connectivity index (χ1v) is 13.3. The molecular weight excluding hydrogens is 474 g/mol. The number of nitrogens with zero attached hydrogens (tertiary/aromatic N) is 4. The lowest BCUT2D eigenvalue weighted by Crippen LogP contribution is -2.40. The first-order chi connectivity index (χ1) is 16.8. The van der Waals surface area contributed by atoms with Gasteiger partial charge in [-0.25, -0.2) is 18.2 Å². The number of morpholine rings is 1. The van der Waals surface area contributed by atoms with Crippen LogP contribution in [0.15, 0.2) is 32.7 Å². The normalized spacial score (nSPS) is 15.1. The van der Waals surface area contributed by atoms with Crippen molar-refractivity contribution in [3.05, 3.63) is 39.0 Å². The highest BCUT2D eigenvalue weighted by Gasteiger charge is 2.28. The van der Waals surface area contributed by atoms with Gasteiger partial charge in [0.25, 0.3) is 5.56 Å². The number of hydrogen-bond acceptors (Lipinski definition) is 7. The predicted octanol–water partition coefficient (Wildman–Crippen LogP) is 1.70. The van der Waals surface area contributed by atoms with E-state index < -0.39 is 21.3 Å². The number of fused-ring (bicyclic) bond motifs is 1. The van der Waals surface area contributed by atoms with E-state index in [-0.39, 0.29) is 29.1 Å². The van der Waals surface area contributed by atoms with Gasteiger partial charge in [-0.3, -0.25) is 14.3 Å². The number of benzene rings is 1. The van der Waals surface area contributed by atoms with E-state index in [4.69, 9.17) is 9.47 Å². The summed E-state index contributed by atoms with van der Waals surface area (Å²) in [6.07, 6.45) is 2.36. The van der Waals surface area contributed by atoms with E-state index in [0.717, 1.165) is 19.3 Å². The van der Waals surface area contributed by atoms with Gasteiger partial charge in [-0.05, 0) is 31.0 Å². The summed E-state index contributed by atoms with van der Waals surface area (Å²) in [6, 6.07) is 4.66. The molecule has 1 aliphatic heterocycles. The third-order valence-corrected chi connectivity index (χ3v) is 7.90. The van der Waals surface area contributed by atoms with Crippen molar-refractivity contribution in [3.8, 4) is 17.1 Å². The van der Waals surface area contributed by atoms with Crippen molar-refractivity contribution in [1.82, 2.24) is 23.4 Å². The maximum absolute atomic E-state index is 13.3. The van der Waals surface area contributed by atoms with Crippen molar-refractivity contribution in [2.45, 2.75) is 44.6 Å². The van der Waals surface area contributed by atoms with Gasteiger partial charge in [0.15, 0.2) is 11.2 Å². The molecule has 0 atom stereocenters. The molecule has 11 nitrogen and oxygen atoms in total. The van der Waals surface area contributed by atoms with E-state index in [9.17, 15) is 18.0 Å². The van der Waals surface area contributed by atoms with Gasteiger partial charge in [0.1, 0.15) is 11.6 Å². The number of aryl methyl sites for hydroxylation is 2. The number of ether oxygens (including phenoxy) is 2. The van der Waals surface area contributed by atoms with Crippen LogP contribution in [0.2, 0.25) is 0 Å². The Morgan fingerprint density at radius 3 is 2.57 bits per heavy atom. The molecule has 4 rings (SSSR count). The second kappa shape index (κ2) is 10.3. The fraction of sp³-hybridized carbons (Fsp3) is 0.522. The molecule has 1 fully saturated rings. The molecule has 0 radical (unpaired) electrons. The number of rotatable bonds is 9. The second-order valence-corrected chi connectivity index (χ2v) is 10.4. The lowest BCUT2D eigenvalue weighted by Gasteiger charge is -2.26. The molecule has 0 amide bonds. The van der Waals surface area contributed by atoms with Gasteiger partial charge in [-0.15, -0.1) is 0 Å². The summed E-state index contributed by atoms with van der Waals surface area (Å²) in [5.74, 6) is 0.788. The number of sulfonamides is 1. The van der Waals surface area contributed by atoms with Crippen molar-refractivity contribution in [2.24, 2.45) is 7.05 Å². The molecule has 0 saturated carbocycles. The maximum atomic E-state index is 13.3. The van der Waals surface area contributed by atoms with Crippen molar-refractivity contribution >= 4 is 21.2 Å². The number of hydrogen-bond donors (Lipinski definition) is 1. The number of nitrogens with one attached hydrogen (secondary N) is 1. The van der Waals surface area contributed by atoms with Crippen LogP contribution in [0.1, 0.15) is 33.1 Å². The highest BCUT2D eigenvalue weighted by molar-refractivity contribution is 7.89. The zero-order valence-corrected chi connectivity index (χ0v) is 21.1. The van der Waals surface area contributed by atoms with E-state index in [1.165, 1.54) is 21.0 Å². The molecule has 0 spiro atoms. The van der Waals surface area contributed by atoms with E-state index in [0.29, 0.717) is 43.5 Å². The smallest absolute Gasteiger partial charge is 0.330 e. The molecule has 1 aromatic carbocycles. The standard InChI is InChI=1S/C23H31N5O6S/c1-4-6-9-28-21-19(22(29)25-23(28)30)26(3)20(24-21)17-15-16(7-8-18(17)34-12-5-2)35(31,32)27-10-13-33-14-11-27/h7-8,15H,4-6,9-14H2,1-3H3,(H,25,29,30). The van der Waals surface area contributed by atoms with Gasteiger partial charge in [0.05, 0.1) is 30.3 Å². The molecule has 12 heteroatoms. The zero-order valence-electron chi connectivity index (χ0n) is 20.2. The van der Waals surface area contributed by atoms with Crippen LogP contribution in [0.5, 0.6) is 5.75 Å². The van der Waals surface area contributed by atoms with Crippen molar-refractivity contribution in [1.29, 1.82) is 0 Å². The summed E-state index contributed by atoms with van der Waals surface area (Å²) in [7, 11) is -2.10. The van der Waals surface area contributed by atoms with Crippen LogP contribution >= 0.6 is 0 Å². The Bertz CT molecular complexity index is 1430. The minimum atomic E-state index is -3.77. The minimum absolute atomic E-state index is 0.0996. The summed E-state index contributed by atoms with van der Waals surface area (Å²) >= 11 is 0. The molecule has 0 bridgehead atoms. The van der Waals surface area contributed by atoms with Crippen LogP contribution in [0.25, 0.3) is 22.6 Å². The van der Waals surface area contributed by atoms with Gasteiger partial charge < -0.3 is 14.0 Å². The molecule has 1 aliphatic rings. The Kier molecular flexibility index (Phi) is 7.43. The number of aromatic nitrogens is 4. The van der Waals surface area contributed by atoms with Gasteiger partial charge in [0, 0.05) is 26.7 Å². The summed E-state index contributed by atoms with van der Waals surface area (Å²) in [5.41, 5.74) is -0.148. The monoisotopic (exact) mass is 505 g/mol. The Hall–Kier alpha value is -2.96. The Labute approximate surface area is 203 Å². The molecule has 190 valence electrons. The van der Waals surface area contributed by atoms with E-state index in [1.807, 2.05) is 13.8 Å². The van der Waals surface area contributed by atoms with E-state index in [1.54, 1.807) is 17.7 Å². The maximum Gasteiger partial charge on any atom is 0.330 e. The lowest BCUT2D eigenvalue weighted by molar-refractivity contribution is 0.0730. The van der Waals surface area contributed by atoms with Crippen molar-refractivity contribution < 1.29 is 17.9 Å². The lowest BCUT2D eigenvalue weighted by atomic mass is 10.2. The molecular formula is C23H31N5O6S. The fourth-order valence-electron chi connectivity index (χ4n) is 4.13. The van der Waals surface area contributed by atoms with E-state index in [2.05, 4.69) is 9.97 Å². The summed E-state index contributed by atoms with van der Waals surface area (Å²) in [4.78, 5) is 32.4. The molecule has 1 N–H and O–H groups in total. The Morgan fingerprint density at radius 1 is 1.14 bits per heavy atom. The molecule has 35 heavy (non-hydrogen) atoms. The van der Waals surface area contributed by atoms with Crippen molar-refractivity contribution in [2.75, 3.05) is 32.9 Å². The second-order valence-electron chi connectivity index (χ2n) is 8.45. The molecule has 3 heterocycles. The molecule has 3 aromatic rings. The largest absolute Gasteiger partial charge is 0.493 e. The number of H-pyrrole nitrogens is 1. The molecule has 0 aliphatic carbocycles. The van der Waals surface area contributed by atoms with Crippen LogP contribution in [-0.2, 0) is 28.4 Å². The molecule has 1 saturated heterocycles. The summed E-state index contributed by atoms with van der Waals surface area (Å²) in [6.45, 7) is 6.04. The number of imidazole rings is 1. The minimum Gasteiger partial charge on any atom is -0.493 e. The average Bonchev–Trinajstić information content (AvgIpc) is 3.20.